The van der Waals surface area contributed by atoms with Gasteiger partial charge in [-0.2, -0.15) is 0 Å². The van der Waals surface area contributed by atoms with Gasteiger partial charge in [0.05, 0.1) is 0 Å². The molecule has 0 heterocycles. The maximum atomic E-state index is 5.91. The van der Waals surface area contributed by atoms with Crippen molar-refractivity contribution in [2.45, 2.75) is 6.54 Å². The van der Waals surface area contributed by atoms with Gasteiger partial charge in [0.2, 0.25) is 0 Å². The first kappa shape index (κ1) is 10.2. The maximum absolute atomic E-state index is 5.91. The summed E-state index contributed by atoms with van der Waals surface area (Å²) < 4.78 is 0. The van der Waals surface area contributed by atoms with E-state index < -0.39 is 0 Å². The van der Waals surface area contributed by atoms with Crippen LogP contribution in [0.15, 0.2) is 18.2 Å². The van der Waals surface area contributed by atoms with E-state index >= 15 is 0 Å². The lowest BCUT2D eigenvalue weighted by molar-refractivity contribution is 1.07. The second kappa shape index (κ2) is 4.41. The Morgan fingerprint density at radius 3 is 2.77 bits per heavy atom. The molecule has 5 N–H and O–H groups in total. The second-order valence-corrected chi connectivity index (χ2v) is 3.31. The molecule has 3 nitrogen and oxygen atoms in total. The lowest BCUT2D eigenvalue weighted by Gasteiger charge is -2.10. The molecule has 0 amide bonds. The van der Waals surface area contributed by atoms with E-state index in [2.05, 4.69) is 5.32 Å². The van der Waals surface area contributed by atoms with Gasteiger partial charge in [-0.25, -0.2) is 0 Å². The van der Waals surface area contributed by atoms with E-state index in [4.69, 9.17) is 35.3 Å². The van der Waals surface area contributed by atoms with Gasteiger partial charge < -0.3 is 16.8 Å². The molecule has 1 rings (SSSR count). The van der Waals surface area contributed by atoms with Crippen LogP contribution in [-0.4, -0.2) is 5.11 Å². The van der Waals surface area contributed by atoms with Crippen molar-refractivity contribution in [1.82, 2.24) is 0 Å². The first-order valence-corrected chi connectivity index (χ1v) is 4.47. The van der Waals surface area contributed by atoms with E-state index in [1.165, 1.54) is 0 Å². The summed E-state index contributed by atoms with van der Waals surface area (Å²) in [7, 11) is 0. The lowest BCUT2D eigenvalue weighted by atomic mass is 10.2. The molecular formula is C8H10ClN3S. The number of anilines is 1. The van der Waals surface area contributed by atoms with Crippen molar-refractivity contribution in [1.29, 1.82) is 0 Å². The van der Waals surface area contributed by atoms with Crippen molar-refractivity contribution in [2.24, 2.45) is 11.5 Å². The highest BCUT2D eigenvalue weighted by atomic mass is 35.5. The molecule has 1 aromatic rings. The predicted molar refractivity (Wildman–Crippen MR) is 59.8 cm³/mol. The maximum Gasteiger partial charge on any atom is 0.168 e. The molecule has 13 heavy (non-hydrogen) atoms. The molecule has 0 fully saturated rings. The average Bonchev–Trinajstić information content (AvgIpc) is 2.03. The fourth-order valence-electron chi connectivity index (χ4n) is 1.02. The number of nitrogens with one attached hydrogen (secondary N) is 1. The van der Waals surface area contributed by atoms with E-state index in [-0.39, 0.29) is 5.11 Å². The number of rotatable bonds is 2. The zero-order valence-electron chi connectivity index (χ0n) is 6.88. The Balaban J connectivity index is 3.05. The summed E-state index contributed by atoms with van der Waals surface area (Å²) in [6.07, 6.45) is 0. The van der Waals surface area contributed by atoms with Crippen LogP contribution >= 0.6 is 23.8 Å². The van der Waals surface area contributed by atoms with Gasteiger partial charge in [0, 0.05) is 22.8 Å². The van der Waals surface area contributed by atoms with Crippen LogP contribution in [0.2, 0.25) is 5.02 Å². The minimum Gasteiger partial charge on any atom is -0.376 e. The Labute approximate surface area is 87.1 Å². The minimum atomic E-state index is 0.206. The number of thiocarbonyl (C=S) groups is 1. The minimum absolute atomic E-state index is 0.206. The number of benzene rings is 1. The van der Waals surface area contributed by atoms with Crippen molar-refractivity contribution in [2.75, 3.05) is 5.32 Å². The van der Waals surface area contributed by atoms with Crippen LogP contribution in [0, 0.1) is 0 Å². The smallest absolute Gasteiger partial charge is 0.168 e. The van der Waals surface area contributed by atoms with Gasteiger partial charge in [-0.05, 0) is 24.4 Å². The lowest BCUT2D eigenvalue weighted by Crippen LogP contribution is -2.20. The molecule has 0 aromatic heterocycles. The van der Waals surface area contributed by atoms with E-state index in [0.29, 0.717) is 11.6 Å². The molecule has 0 aliphatic heterocycles. The molecule has 0 spiro atoms. The third kappa shape index (κ3) is 2.55. The van der Waals surface area contributed by atoms with Gasteiger partial charge in [-0.3, -0.25) is 0 Å². The topological polar surface area (TPSA) is 64.1 Å². The Morgan fingerprint density at radius 2 is 2.23 bits per heavy atom. The average molecular weight is 216 g/mol. The molecule has 1 aromatic carbocycles. The molecule has 0 atom stereocenters. The summed E-state index contributed by atoms with van der Waals surface area (Å²) in [5, 5.41) is 3.63. The normalized spacial score (nSPS) is 9.69. The van der Waals surface area contributed by atoms with Gasteiger partial charge in [0.1, 0.15) is 0 Å². The highest BCUT2D eigenvalue weighted by Crippen LogP contribution is 2.23. The van der Waals surface area contributed by atoms with Gasteiger partial charge in [0.15, 0.2) is 5.11 Å². The molecule has 0 saturated heterocycles. The van der Waals surface area contributed by atoms with Gasteiger partial charge >= 0.3 is 0 Å². The highest BCUT2D eigenvalue weighted by Gasteiger charge is 2.04. The molecule has 0 bridgehead atoms. The molecule has 0 saturated carbocycles. The van der Waals surface area contributed by atoms with Crippen molar-refractivity contribution in [3.05, 3.63) is 28.8 Å². The number of nitrogens with two attached hydrogens (primary N) is 2. The molecule has 0 unspecified atom stereocenters. The third-order valence-electron chi connectivity index (χ3n) is 1.58. The van der Waals surface area contributed by atoms with Crippen molar-refractivity contribution < 1.29 is 0 Å². The van der Waals surface area contributed by atoms with Crippen molar-refractivity contribution in [3.63, 3.8) is 0 Å². The van der Waals surface area contributed by atoms with E-state index in [9.17, 15) is 0 Å². The summed E-state index contributed by atoms with van der Waals surface area (Å²) in [5.74, 6) is 0. The largest absolute Gasteiger partial charge is 0.376 e. The molecular weight excluding hydrogens is 206 g/mol. The summed E-state index contributed by atoms with van der Waals surface area (Å²) in [5.41, 5.74) is 12.4. The summed E-state index contributed by atoms with van der Waals surface area (Å²) in [4.78, 5) is 0. The van der Waals surface area contributed by atoms with Crippen LogP contribution in [-0.2, 0) is 6.54 Å². The summed E-state index contributed by atoms with van der Waals surface area (Å²) >= 11 is 10.6. The summed E-state index contributed by atoms with van der Waals surface area (Å²) in [6.45, 7) is 0.352. The fourth-order valence-corrected chi connectivity index (χ4v) is 1.38. The Bertz CT molecular complexity index is 327. The molecule has 0 aliphatic rings. The van der Waals surface area contributed by atoms with E-state index in [1.807, 2.05) is 12.1 Å². The second-order valence-electron chi connectivity index (χ2n) is 2.46. The zero-order valence-corrected chi connectivity index (χ0v) is 8.45. The fraction of sp³-hybridized carbons (Fsp3) is 0.125. The standard InChI is InChI=1S/C8H10ClN3S/c9-6-2-1-3-7(5(6)4-10)12-8(11)13/h1-3H,4,10H2,(H3,11,12,13). The SMILES string of the molecule is NCc1c(Cl)cccc1NC(N)=S. The van der Waals surface area contributed by atoms with Crippen LogP contribution < -0.4 is 16.8 Å². The quantitative estimate of drug-likeness (QED) is 0.654. The van der Waals surface area contributed by atoms with Crippen LogP contribution in [0.25, 0.3) is 0 Å². The number of halogens is 1. The van der Waals surface area contributed by atoms with Gasteiger partial charge in [-0.15, -0.1) is 0 Å². The number of hydrogen-bond donors (Lipinski definition) is 3. The Morgan fingerprint density at radius 1 is 1.54 bits per heavy atom. The van der Waals surface area contributed by atoms with Crippen LogP contribution in [0.5, 0.6) is 0 Å². The van der Waals surface area contributed by atoms with Gasteiger partial charge in [0.25, 0.3) is 0 Å². The van der Waals surface area contributed by atoms with Crippen LogP contribution in [0.3, 0.4) is 0 Å². The van der Waals surface area contributed by atoms with E-state index in [0.717, 1.165) is 11.3 Å². The predicted octanol–water partition coefficient (Wildman–Crippen LogP) is 1.45. The zero-order chi connectivity index (χ0) is 9.84. The van der Waals surface area contributed by atoms with Crippen molar-refractivity contribution >= 4 is 34.6 Å². The molecule has 0 radical (unpaired) electrons. The Kier molecular flexibility index (Phi) is 3.48. The molecule has 5 heteroatoms. The highest BCUT2D eigenvalue weighted by molar-refractivity contribution is 7.80. The van der Waals surface area contributed by atoms with E-state index in [1.54, 1.807) is 6.07 Å². The first-order chi connectivity index (χ1) is 6.15. The monoisotopic (exact) mass is 215 g/mol. The van der Waals surface area contributed by atoms with Crippen molar-refractivity contribution in [3.8, 4) is 0 Å². The number of hydrogen-bond acceptors (Lipinski definition) is 2. The molecule has 0 aliphatic carbocycles. The molecule has 70 valence electrons. The first-order valence-electron chi connectivity index (χ1n) is 3.69. The third-order valence-corrected chi connectivity index (χ3v) is 2.04. The van der Waals surface area contributed by atoms with Crippen LogP contribution in [0.1, 0.15) is 5.56 Å². The Hall–Kier alpha value is -0.840. The summed E-state index contributed by atoms with van der Waals surface area (Å²) in [6, 6.07) is 5.41. The van der Waals surface area contributed by atoms with Gasteiger partial charge in [-0.1, -0.05) is 17.7 Å². The van der Waals surface area contributed by atoms with Crippen LogP contribution in [0.4, 0.5) is 5.69 Å².